The van der Waals surface area contributed by atoms with E-state index in [2.05, 4.69) is 15.5 Å². The smallest absolute Gasteiger partial charge is 0.268 e. The Bertz CT molecular complexity index is 530. The molecule has 0 saturated heterocycles. The van der Waals surface area contributed by atoms with Crippen molar-refractivity contribution in [2.24, 2.45) is 0 Å². The molecule has 2 rings (SSSR count). The molecule has 0 aromatic carbocycles. The van der Waals surface area contributed by atoms with E-state index in [1.54, 1.807) is 6.07 Å². The maximum atomic E-state index is 11.5. The summed E-state index contributed by atoms with van der Waals surface area (Å²) < 4.78 is 4.81. The molecule has 6 nitrogen and oxygen atoms in total. The number of aromatic nitrogens is 2. The van der Waals surface area contributed by atoms with E-state index in [9.17, 15) is 9.59 Å². The lowest BCUT2D eigenvalue weighted by Gasteiger charge is -2.01. The second kappa shape index (κ2) is 4.43. The third kappa shape index (κ3) is 2.35. The van der Waals surface area contributed by atoms with Gasteiger partial charge in [-0.05, 0) is 6.07 Å². The van der Waals surface area contributed by atoms with Gasteiger partial charge in [0.15, 0.2) is 5.76 Å². The van der Waals surface area contributed by atoms with Crippen molar-refractivity contribution in [2.75, 3.05) is 0 Å². The van der Waals surface area contributed by atoms with Gasteiger partial charge in [-0.2, -0.15) is 0 Å². The summed E-state index contributed by atoms with van der Waals surface area (Å²) in [5.74, 6) is 0.181. The highest BCUT2D eigenvalue weighted by Crippen LogP contribution is 1.96. The number of carbonyl (C=O) groups excluding carboxylic acids is 1. The van der Waals surface area contributed by atoms with E-state index in [0.717, 1.165) is 0 Å². The van der Waals surface area contributed by atoms with Gasteiger partial charge in [-0.25, -0.2) is 0 Å². The largest absolute Gasteiger partial charge is 0.360 e. The molecule has 16 heavy (non-hydrogen) atoms. The molecule has 0 aliphatic heterocycles. The van der Waals surface area contributed by atoms with Gasteiger partial charge >= 0.3 is 0 Å². The number of hydrogen-bond donors (Lipinski definition) is 2. The van der Waals surface area contributed by atoms with Crippen molar-refractivity contribution in [2.45, 2.75) is 6.54 Å². The number of carbonyl (C=O) groups is 1. The molecule has 0 radical (unpaired) electrons. The molecule has 0 atom stereocenters. The summed E-state index contributed by atoms with van der Waals surface area (Å²) in [6.07, 6.45) is 1.49. The highest BCUT2D eigenvalue weighted by molar-refractivity contribution is 5.92. The summed E-state index contributed by atoms with van der Waals surface area (Å²) in [5, 5.41) is 6.09. The molecule has 0 bridgehead atoms. The molecule has 1 amide bonds. The summed E-state index contributed by atoms with van der Waals surface area (Å²) >= 11 is 0. The van der Waals surface area contributed by atoms with Crippen molar-refractivity contribution >= 4 is 5.91 Å². The van der Waals surface area contributed by atoms with Crippen LogP contribution in [-0.4, -0.2) is 16.0 Å². The predicted molar refractivity (Wildman–Crippen MR) is 54.7 cm³/mol. The van der Waals surface area contributed by atoms with Crippen LogP contribution in [0.1, 0.15) is 16.2 Å². The van der Waals surface area contributed by atoms with Gasteiger partial charge < -0.3 is 14.8 Å². The zero-order chi connectivity index (χ0) is 11.4. The first kappa shape index (κ1) is 10.2. The summed E-state index contributed by atoms with van der Waals surface area (Å²) in [6, 6.07) is 6.03. The lowest BCUT2D eigenvalue weighted by Crippen LogP contribution is -2.25. The van der Waals surface area contributed by atoms with Crippen LogP contribution >= 0.6 is 0 Å². The Kier molecular flexibility index (Phi) is 2.81. The summed E-state index contributed by atoms with van der Waals surface area (Å²) in [7, 11) is 0. The molecule has 0 spiro atoms. The fraction of sp³-hybridized carbons (Fsp3) is 0.100. The van der Waals surface area contributed by atoms with Crippen LogP contribution in [0.25, 0.3) is 0 Å². The standard InChI is InChI=1S/C10H9N3O3/c14-9-3-1-2-8(13-9)10(15)11-6-7-4-5-12-16-7/h1-5H,6H2,(H,11,15)(H,13,14). The van der Waals surface area contributed by atoms with E-state index in [0.29, 0.717) is 5.76 Å². The molecule has 0 aliphatic carbocycles. The topological polar surface area (TPSA) is 88.0 Å². The lowest BCUT2D eigenvalue weighted by molar-refractivity contribution is 0.0942. The number of nitrogens with zero attached hydrogens (tertiary/aromatic N) is 1. The first-order chi connectivity index (χ1) is 7.75. The van der Waals surface area contributed by atoms with Gasteiger partial charge in [0.25, 0.3) is 5.91 Å². The first-order valence-electron chi connectivity index (χ1n) is 4.63. The van der Waals surface area contributed by atoms with Crippen LogP contribution in [0.5, 0.6) is 0 Å². The van der Waals surface area contributed by atoms with E-state index in [1.807, 2.05) is 0 Å². The Hall–Kier alpha value is -2.37. The van der Waals surface area contributed by atoms with Gasteiger partial charge in [0, 0.05) is 12.1 Å². The minimum absolute atomic E-state index is 0.215. The van der Waals surface area contributed by atoms with Gasteiger partial charge in [0.05, 0.1) is 12.7 Å². The molecule has 0 saturated carbocycles. The maximum Gasteiger partial charge on any atom is 0.268 e. The average Bonchev–Trinajstić information content (AvgIpc) is 2.78. The zero-order valence-electron chi connectivity index (χ0n) is 8.27. The Morgan fingerprint density at radius 2 is 2.31 bits per heavy atom. The number of nitrogens with one attached hydrogen (secondary N) is 2. The molecule has 6 heteroatoms. The molecule has 0 fully saturated rings. The summed E-state index contributed by atoms with van der Waals surface area (Å²) in [6.45, 7) is 0.232. The quantitative estimate of drug-likeness (QED) is 0.776. The molecule has 2 aromatic rings. The molecule has 0 aliphatic rings. The Labute approximate surface area is 90.3 Å². The SMILES string of the molecule is O=C(NCc1ccno1)c1cccc(=O)[nH]1. The number of amides is 1. The Balaban J connectivity index is 2.01. The van der Waals surface area contributed by atoms with Crippen molar-refractivity contribution in [3.05, 3.63) is 52.3 Å². The normalized spacial score (nSPS) is 10.0. The van der Waals surface area contributed by atoms with Crippen molar-refractivity contribution < 1.29 is 9.32 Å². The monoisotopic (exact) mass is 219 g/mol. The third-order valence-corrected chi connectivity index (χ3v) is 1.93. The molecule has 2 heterocycles. The molecule has 2 N–H and O–H groups in total. The number of aromatic amines is 1. The van der Waals surface area contributed by atoms with Crippen LogP contribution < -0.4 is 10.9 Å². The van der Waals surface area contributed by atoms with Crippen LogP contribution in [0.2, 0.25) is 0 Å². The molecule has 2 aromatic heterocycles. The van der Waals surface area contributed by atoms with Crippen molar-refractivity contribution in [1.29, 1.82) is 0 Å². The Morgan fingerprint density at radius 1 is 1.44 bits per heavy atom. The molecular formula is C10H9N3O3. The van der Waals surface area contributed by atoms with E-state index >= 15 is 0 Å². The van der Waals surface area contributed by atoms with E-state index in [-0.39, 0.29) is 23.7 Å². The fourth-order valence-corrected chi connectivity index (χ4v) is 1.18. The zero-order valence-corrected chi connectivity index (χ0v) is 8.27. The molecule has 0 unspecified atom stereocenters. The van der Waals surface area contributed by atoms with E-state index in [1.165, 1.54) is 24.4 Å². The van der Waals surface area contributed by atoms with Crippen molar-refractivity contribution in [3.63, 3.8) is 0 Å². The van der Waals surface area contributed by atoms with Gasteiger partial charge in [0.2, 0.25) is 5.56 Å². The fourth-order valence-electron chi connectivity index (χ4n) is 1.18. The van der Waals surface area contributed by atoms with E-state index < -0.39 is 0 Å². The van der Waals surface area contributed by atoms with E-state index in [4.69, 9.17) is 4.52 Å². The van der Waals surface area contributed by atoms with Gasteiger partial charge in [-0.3, -0.25) is 9.59 Å². The van der Waals surface area contributed by atoms with Gasteiger partial charge in [-0.1, -0.05) is 11.2 Å². The third-order valence-electron chi connectivity index (χ3n) is 1.93. The van der Waals surface area contributed by atoms with Gasteiger partial charge in [-0.15, -0.1) is 0 Å². The number of H-pyrrole nitrogens is 1. The Morgan fingerprint density at radius 3 is 3.00 bits per heavy atom. The number of pyridine rings is 1. The van der Waals surface area contributed by atoms with Crippen LogP contribution in [0, 0.1) is 0 Å². The van der Waals surface area contributed by atoms with Crippen molar-refractivity contribution in [1.82, 2.24) is 15.5 Å². The van der Waals surface area contributed by atoms with Crippen LogP contribution in [-0.2, 0) is 6.54 Å². The molecule has 82 valence electrons. The number of rotatable bonds is 3. The minimum atomic E-state index is -0.367. The van der Waals surface area contributed by atoms with Crippen molar-refractivity contribution in [3.8, 4) is 0 Å². The maximum absolute atomic E-state index is 11.5. The highest BCUT2D eigenvalue weighted by atomic mass is 16.5. The molecular weight excluding hydrogens is 210 g/mol. The van der Waals surface area contributed by atoms with Crippen LogP contribution in [0.4, 0.5) is 0 Å². The lowest BCUT2D eigenvalue weighted by atomic mass is 10.3. The van der Waals surface area contributed by atoms with Gasteiger partial charge in [0.1, 0.15) is 5.69 Å². The average molecular weight is 219 g/mol. The van der Waals surface area contributed by atoms with Crippen LogP contribution in [0.15, 0.2) is 39.8 Å². The summed E-state index contributed by atoms with van der Waals surface area (Å²) in [5.41, 5.74) is -0.0978. The highest BCUT2D eigenvalue weighted by Gasteiger charge is 2.06. The summed E-state index contributed by atoms with van der Waals surface area (Å²) in [4.78, 5) is 24.9. The van der Waals surface area contributed by atoms with Crippen LogP contribution in [0.3, 0.4) is 0 Å². The first-order valence-corrected chi connectivity index (χ1v) is 4.63. The number of hydrogen-bond acceptors (Lipinski definition) is 4. The minimum Gasteiger partial charge on any atom is -0.360 e. The second-order valence-electron chi connectivity index (χ2n) is 3.09. The second-order valence-corrected chi connectivity index (χ2v) is 3.09. The predicted octanol–water partition coefficient (Wildman–Crippen LogP) is 0.293.